The van der Waals surface area contributed by atoms with Gasteiger partial charge >= 0.3 is 12.0 Å². The second kappa shape index (κ2) is 9.73. The average molecular weight is 440 g/mol. The van der Waals surface area contributed by atoms with Gasteiger partial charge in [0.1, 0.15) is 22.8 Å². The van der Waals surface area contributed by atoms with E-state index in [9.17, 15) is 18.8 Å². The van der Waals surface area contributed by atoms with Gasteiger partial charge in [-0.2, -0.15) is 5.10 Å². The maximum atomic E-state index is 13.3. The van der Waals surface area contributed by atoms with Crippen molar-refractivity contribution in [3.05, 3.63) is 66.1 Å². The lowest BCUT2D eigenvalue weighted by molar-refractivity contribution is -0.127. The second-order valence-corrected chi connectivity index (χ2v) is 6.66. The third-order valence-corrected chi connectivity index (χ3v) is 4.49. The van der Waals surface area contributed by atoms with Crippen molar-refractivity contribution >= 4 is 17.9 Å². The van der Waals surface area contributed by atoms with Crippen LogP contribution in [0, 0.1) is 5.82 Å². The Bertz CT molecular complexity index is 1140. The van der Waals surface area contributed by atoms with Gasteiger partial charge in [-0.05, 0) is 43.3 Å². The van der Waals surface area contributed by atoms with Crippen LogP contribution in [0.15, 0.2) is 54.7 Å². The van der Waals surface area contributed by atoms with Crippen molar-refractivity contribution in [3.8, 4) is 22.7 Å². The highest BCUT2D eigenvalue weighted by molar-refractivity contribution is 6.00. The number of aromatic nitrogens is 2. The topological polar surface area (TPSA) is 112 Å². The van der Waals surface area contributed by atoms with Gasteiger partial charge in [0, 0.05) is 18.8 Å². The zero-order valence-corrected chi connectivity index (χ0v) is 17.6. The first-order chi connectivity index (χ1) is 15.3. The van der Waals surface area contributed by atoms with Crippen molar-refractivity contribution in [2.75, 3.05) is 14.2 Å². The Labute approximate surface area is 183 Å². The molecule has 2 N–H and O–H groups in total. The normalized spacial score (nSPS) is 11.4. The van der Waals surface area contributed by atoms with E-state index >= 15 is 0 Å². The van der Waals surface area contributed by atoms with Crippen molar-refractivity contribution in [1.82, 2.24) is 20.4 Å². The number of carbonyl (C=O) groups excluding carboxylic acids is 3. The third-order valence-electron chi connectivity index (χ3n) is 4.49. The predicted molar refractivity (Wildman–Crippen MR) is 113 cm³/mol. The number of esters is 1. The molecule has 1 heterocycles. The molecule has 1 atom stereocenters. The minimum absolute atomic E-state index is 0.0715. The number of hydrogen-bond donors (Lipinski definition) is 2. The van der Waals surface area contributed by atoms with E-state index in [1.807, 2.05) is 5.32 Å². The molecule has 9 nitrogen and oxygen atoms in total. The number of imide groups is 1. The smallest absolute Gasteiger partial charge is 0.342 e. The molecule has 1 aromatic heterocycles. The summed E-state index contributed by atoms with van der Waals surface area (Å²) < 4.78 is 25.2. The summed E-state index contributed by atoms with van der Waals surface area (Å²) >= 11 is 0. The number of rotatable bonds is 6. The van der Waals surface area contributed by atoms with Gasteiger partial charge in [-0.3, -0.25) is 10.1 Å². The van der Waals surface area contributed by atoms with Crippen molar-refractivity contribution in [3.63, 3.8) is 0 Å². The largest absolute Gasteiger partial charge is 0.497 e. The summed E-state index contributed by atoms with van der Waals surface area (Å²) in [4.78, 5) is 36.3. The molecule has 3 amide bonds. The highest BCUT2D eigenvalue weighted by Gasteiger charge is 2.25. The van der Waals surface area contributed by atoms with E-state index < -0.39 is 29.8 Å². The molecule has 166 valence electrons. The molecule has 0 radical (unpaired) electrons. The summed E-state index contributed by atoms with van der Waals surface area (Å²) in [6.07, 6.45) is 0.181. The van der Waals surface area contributed by atoms with Crippen molar-refractivity contribution in [2.45, 2.75) is 13.0 Å². The van der Waals surface area contributed by atoms with Crippen LogP contribution >= 0.6 is 0 Å². The molecule has 10 heteroatoms. The molecule has 0 aliphatic carbocycles. The first-order valence-corrected chi connectivity index (χ1v) is 9.56. The summed E-state index contributed by atoms with van der Waals surface area (Å²) in [5.74, 6) is -1.47. The standard InChI is InChI=1S/C22H21FN4O5/c1-13(20(28)25-22(30)24-2)32-21(29)18-12-27(16-9-7-15(23)8-10-16)26-19(18)14-5-4-6-17(11-14)31-3/h4-13H,1-3H3,(H2,24,25,28,30). The van der Waals surface area contributed by atoms with Gasteiger partial charge < -0.3 is 14.8 Å². The number of amides is 3. The molecule has 0 aliphatic heterocycles. The summed E-state index contributed by atoms with van der Waals surface area (Å²) in [7, 11) is 2.86. The van der Waals surface area contributed by atoms with Gasteiger partial charge in [-0.1, -0.05) is 12.1 Å². The van der Waals surface area contributed by atoms with Crippen LogP contribution in [0.2, 0.25) is 0 Å². The van der Waals surface area contributed by atoms with Crippen LogP contribution in [0.4, 0.5) is 9.18 Å². The van der Waals surface area contributed by atoms with E-state index in [0.717, 1.165) is 0 Å². The van der Waals surface area contributed by atoms with Crippen LogP contribution in [0.25, 0.3) is 16.9 Å². The van der Waals surface area contributed by atoms with Crippen LogP contribution in [-0.4, -0.2) is 47.9 Å². The molecular weight excluding hydrogens is 419 g/mol. The van der Waals surface area contributed by atoms with Gasteiger partial charge in [0.25, 0.3) is 5.91 Å². The second-order valence-electron chi connectivity index (χ2n) is 6.66. The van der Waals surface area contributed by atoms with Crippen LogP contribution < -0.4 is 15.4 Å². The van der Waals surface area contributed by atoms with E-state index in [2.05, 4.69) is 10.4 Å². The lowest BCUT2D eigenvalue weighted by Gasteiger charge is -2.12. The Morgan fingerprint density at radius 1 is 1.12 bits per heavy atom. The fourth-order valence-corrected chi connectivity index (χ4v) is 2.79. The van der Waals surface area contributed by atoms with Crippen LogP contribution in [0.5, 0.6) is 5.75 Å². The van der Waals surface area contributed by atoms with Gasteiger partial charge in [-0.25, -0.2) is 18.7 Å². The molecule has 32 heavy (non-hydrogen) atoms. The number of methoxy groups -OCH3 is 1. The minimum Gasteiger partial charge on any atom is -0.497 e. The van der Waals surface area contributed by atoms with Crippen molar-refractivity contribution < 1.29 is 28.2 Å². The Balaban J connectivity index is 1.97. The molecule has 0 fully saturated rings. The van der Waals surface area contributed by atoms with E-state index in [4.69, 9.17) is 9.47 Å². The molecule has 3 rings (SSSR count). The summed E-state index contributed by atoms with van der Waals surface area (Å²) in [5, 5.41) is 8.75. The van der Waals surface area contributed by atoms with Crippen LogP contribution in [0.3, 0.4) is 0 Å². The number of nitrogens with one attached hydrogen (secondary N) is 2. The fourth-order valence-electron chi connectivity index (χ4n) is 2.79. The molecule has 3 aromatic rings. The lowest BCUT2D eigenvalue weighted by Crippen LogP contribution is -2.43. The van der Waals surface area contributed by atoms with Gasteiger partial charge in [0.2, 0.25) is 0 Å². The number of benzene rings is 2. The first kappa shape index (κ1) is 22.5. The molecule has 1 unspecified atom stereocenters. The average Bonchev–Trinajstić information content (AvgIpc) is 3.25. The Morgan fingerprint density at radius 3 is 2.50 bits per heavy atom. The van der Waals surface area contributed by atoms with Crippen molar-refractivity contribution in [1.29, 1.82) is 0 Å². The molecule has 0 aliphatic rings. The molecule has 0 spiro atoms. The fraction of sp³-hybridized carbons (Fsp3) is 0.182. The van der Waals surface area contributed by atoms with Gasteiger partial charge in [0.05, 0.1) is 12.8 Å². The zero-order chi connectivity index (χ0) is 23.3. The SMILES string of the molecule is CNC(=O)NC(=O)C(C)OC(=O)c1cn(-c2ccc(F)cc2)nc1-c1cccc(OC)c1. The lowest BCUT2D eigenvalue weighted by atomic mass is 10.1. The highest BCUT2D eigenvalue weighted by atomic mass is 19.1. The number of halogens is 1. The molecule has 0 saturated carbocycles. The Morgan fingerprint density at radius 2 is 1.84 bits per heavy atom. The summed E-state index contributed by atoms with van der Waals surface area (Å²) in [5.41, 5.74) is 1.43. The number of hydrogen-bond acceptors (Lipinski definition) is 6. The maximum absolute atomic E-state index is 13.3. The van der Waals surface area contributed by atoms with Crippen LogP contribution in [0.1, 0.15) is 17.3 Å². The van der Waals surface area contributed by atoms with Gasteiger partial charge in [-0.15, -0.1) is 0 Å². The maximum Gasteiger partial charge on any atom is 0.342 e. The Hall–Kier alpha value is -4.21. The van der Waals surface area contributed by atoms with Crippen LogP contribution in [-0.2, 0) is 9.53 Å². The quantitative estimate of drug-likeness (QED) is 0.570. The number of nitrogens with zero attached hydrogens (tertiary/aromatic N) is 2. The van der Waals surface area contributed by atoms with E-state index in [-0.39, 0.29) is 11.3 Å². The highest BCUT2D eigenvalue weighted by Crippen LogP contribution is 2.27. The molecule has 0 bridgehead atoms. The van der Waals surface area contributed by atoms with E-state index in [0.29, 0.717) is 17.0 Å². The van der Waals surface area contributed by atoms with E-state index in [1.165, 1.54) is 56.2 Å². The van der Waals surface area contributed by atoms with Crippen molar-refractivity contribution in [2.24, 2.45) is 0 Å². The summed E-state index contributed by atoms with van der Waals surface area (Å²) in [6, 6.07) is 11.7. The number of carbonyl (C=O) groups is 3. The summed E-state index contributed by atoms with van der Waals surface area (Å²) in [6.45, 7) is 1.34. The molecule has 0 saturated heterocycles. The predicted octanol–water partition coefficient (Wildman–Crippen LogP) is 2.69. The van der Waals surface area contributed by atoms with E-state index in [1.54, 1.807) is 24.3 Å². The zero-order valence-electron chi connectivity index (χ0n) is 17.6. The number of ether oxygens (including phenoxy) is 2. The third kappa shape index (κ3) is 5.09. The minimum atomic E-state index is -1.24. The monoisotopic (exact) mass is 440 g/mol. The number of urea groups is 1. The molecular formula is C22H21FN4O5. The molecule has 2 aromatic carbocycles. The first-order valence-electron chi connectivity index (χ1n) is 9.56. The Kier molecular flexibility index (Phi) is 6.83. The van der Waals surface area contributed by atoms with Gasteiger partial charge in [0.15, 0.2) is 6.10 Å².